The molecule has 0 saturated carbocycles. The summed E-state index contributed by atoms with van der Waals surface area (Å²) in [6, 6.07) is 13.0. The lowest BCUT2D eigenvalue weighted by atomic mass is 10.1. The summed E-state index contributed by atoms with van der Waals surface area (Å²) in [7, 11) is 3.19. The zero-order valence-corrected chi connectivity index (χ0v) is 15.7. The number of carbonyl (C=O) groups excluding carboxylic acids is 2. The third-order valence-electron chi connectivity index (χ3n) is 4.64. The summed E-state index contributed by atoms with van der Waals surface area (Å²) in [5.74, 6) is 1.37. The molecule has 1 heterocycles. The smallest absolute Gasteiger partial charge is 0.227 e. The molecule has 0 aliphatic carbocycles. The second kappa shape index (κ2) is 8.58. The fraction of sp³-hybridized carbons (Fsp3) is 0.333. The number of methoxy groups -OCH3 is 2. The molecular weight excluding hydrogens is 344 g/mol. The molecule has 0 aromatic heterocycles. The molecule has 6 heteroatoms. The number of rotatable bonds is 7. The zero-order chi connectivity index (χ0) is 19.2. The van der Waals surface area contributed by atoms with Crippen molar-refractivity contribution in [3.05, 3.63) is 48.0 Å². The molecule has 0 radical (unpaired) electrons. The van der Waals surface area contributed by atoms with Crippen molar-refractivity contribution in [2.24, 2.45) is 0 Å². The lowest BCUT2D eigenvalue weighted by Crippen LogP contribution is -2.24. The van der Waals surface area contributed by atoms with Crippen LogP contribution in [-0.4, -0.2) is 32.6 Å². The molecule has 0 spiro atoms. The predicted molar refractivity (Wildman–Crippen MR) is 105 cm³/mol. The third-order valence-corrected chi connectivity index (χ3v) is 4.64. The van der Waals surface area contributed by atoms with Crippen LogP contribution < -0.4 is 19.7 Å². The summed E-state index contributed by atoms with van der Waals surface area (Å²) >= 11 is 0. The summed E-state index contributed by atoms with van der Waals surface area (Å²) < 4.78 is 10.7. The fourth-order valence-electron chi connectivity index (χ4n) is 3.26. The quantitative estimate of drug-likeness (QED) is 0.813. The van der Waals surface area contributed by atoms with E-state index in [0.29, 0.717) is 37.2 Å². The zero-order valence-electron chi connectivity index (χ0n) is 15.7. The van der Waals surface area contributed by atoms with E-state index in [1.807, 2.05) is 30.3 Å². The SMILES string of the molecule is COc1ccccc1CCC(=O)Nc1ccc(N2CCCC2=O)c(OC)c1. The van der Waals surface area contributed by atoms with Gasteiger partial charge < -0.3 is 19.7 Å². The van der Waals surface area contributed by atoms with Crippen molar-refractivity contribution in [1.82, 2.24) is 0 Å². The first kappa shape index (κ1) is 18.8. The van der Waals surface area contributed by atoms with Crippen molar-refractivity contribution >= 4 is 23.2 Å². The first-order valence-electron chi connectivity index (χ1n) is 9.02. The van der Waals surface area contributed by atoms with Gasteiger partial charge in [-0.05, 0) is 36.6 Å². The average Bonchev–Trinajstić information content (AvgIpc) is 3.12. The minimum absolute atomic E-state index is 0.0899. The molecule has 1 N–H and O–H groups in total. The molecular formula is C21H24N2O4. The molecule has 3 rings (SSSR count). The van der Waals surface area contributed by atoms with Crippen LogP contribution in [-0.2, 0) is 16.0 Å². The van der Waals surface area contributed by atoms with Gasteiger partial charge in [0.2, 0.25) is 11.8 Å². The van der Waals surface area contributed by atoms with E-state index in [-0.39, 0.29) is 11.8 Å². The largest absolute Gasteiger partial charge is 0.496 e. The topological polar surface area (TPSA) is 67.9 Å². The molecule has 1 saturated heterocycles. The first-order valence-corrected chi connectivity index (χ1v) is 9.02. The van der Waals surface area contributed by atoms with Gasteiger partial charge >= 0.3 is 0 Å². The van der Waals surface area contributed by atoms with Gasteiger partial charge in [-0.25, -0.2) is 0 Å². The number of nitrogens with zero attached hydrogens (tertiary/aromatic N) is 1. The minimum Gasteiger partial charge on any atom is -0.496 e. The monoisotopic (exact) mass is 368 g/mol. The number of para-hydroxylation sites is 1. The van der Waals surface area contributed by atoms with Gasteiger partial charge in [0.25, 0.3) is 0 Å². The van der Waals surface area contributed by atoms with E-state index in [9.17, 15) is 9.59 Å². The predicted octanol–water partition coefficient (Wildman–Crippen LogP) is 3.40. The molecule has 6 nitrogen and oxygen atoms in total. The Labute approximate surface area is 159 Å². The highest BCUT2D eigenvalue weighted by atomic mass is 16.5. The fourth-order valence-corrected chi connectivity index (χ4v) is 3.26. The molecule has 1 aliphatic rings. The Morgan fingerprint density at radius 1 is 1.11 bits per heavy atom. The van der Waals surface area contributed by atoms with E-state index in [0.717, 1.165) is 23.4 Å². The van der Waals surface area contributed by atoms with Crippen molar-refractivity contribution in [3.63, 3.8) is 0 Å². The van der Waals surface area contributed by atoms with Crippen molar-refractivity contribution in [2.45, 2.75) is 25.7 Å². The second-order valence-corrected chi connectivity index (χ2v) is 6.40. The molecule has 0 bridgehead atoms. The van der Waals surface area contributed by atoms with E-state index in [1.54, 1.807) is 31.3 Å². The van der Waals surface area contributed by atoms with E-state index < -0.39 is 0 Å². The van der Waals surface area contributed by atoms with Gasteiger partial charge in [-0.3, -0.25) is 9.59 Å². The second-order valence-electron chi connectivity index (χ2n) is 6.40. The number of anilines is 2. The lowest BCUT2D eigenvalue weighted by molar-refractivity contribution is -0.117. The lowest BCUT2D eigenvalue weighted by Gasteiger charge is -2.19. The van der Waals surface area contributed by atoms with E-state index in [4.69, 9.17) is 9.47 Å². The number of nitrogens with one attached hydrogen (secondary N) is 1. The standard InChI is InChI=1S/C21H24N2O4/c1-26-18-7-4-3-6-15(18)9-12-20(24)22-16-10-11-17(19(14-16)27-2)23-13-5-8-21(23)25/h3-4,6-7,10-11,14H,5,8-9,12-13H2,1-2H3,(H,22,24). The van der Waals surface area contributed by atoms with Crippen LogP contribution in [0.2, 0.25) is 0 Å². The Morgan fingerprint density at radius 3 is 2.59 bits per heavy atom. The summed E-state index contributed by atoms with van der Waals surface area (Å²) in [6.07, 6.45) is 2.34. The molecule has 2 amide bonds. The van der Waals surface area contributed by atoms with Crippen molar-refractivity contribution in [3.8, 4) is 11.5 Å². The Kier molecular flexibility index (Phi) is 5.96. The molecule has 0 unspecified atom stereocenters. The number of benzene rings is 2. The number of amides is 2. The number of hydrogen-bond donors (Lipinski definition) is 1. The van der Waals surface area contributed by atoms with Crippen LogP contribution >= 0.6 is 0 Å². The van der Waals surface area contributed by atoms with Gasteiger partial charge in [-0.15, -0.1) is 0 Å². The van der Waals surface area contributed by atoms with Gasteiger partial charge in [0, 0.05) is 31.1 Å². The molecule has 27 heavy (non-hydrogen) atoms. The van der Waals surface area contributed by atoms with Crippen LogP contribution in [0, 0.1) is 0 Å². The van der Waals surface area contributed by atoms with Gasteiger partial charge in [0.1, 0.15) is 11.5 Å². The highest BCUT2D eigenvalue weighted by Crippen LogP contribution is 2.33. The van der Waals surface area contributed by atoms with Crippen molar-refractivity contribution < 1.29 is 19.1 Å². The maximum atomic E-state index is 12.3. The van der Waals surface area contributed by atoms with Gasteiger partial charge in [0.05, 0.1) is 19.9 Å². The van der Waals surface area contributed by atoms with E-state index >= 15 is 0 Å². The number of hydrogen-bond acceptors (Lipinski definition) is 4. The Morgan fingerprint density at radius 2 is 1.89 bits per heavy atom. The molecule has 0 atom stereocenters. The van der Waals surface area contributed by atoms with Crippen LogP contribution in [0.4, 0.5) is 11.4 Å². The summed E-state index contributed by atoms with van der Waals surface area (Å²) in [6.45, 7) is 0.694. The Hall–Kier alpha value is -3.02. The molecule has 1 fully saturated rings. The maximum Gasteiger partial charge on any atom is 0.227 e. The van der Waals surface area contributed by atoms with Crippen LogP contribution in [0.15, 0.2) is 42.5 Å². The van der Waals surface area contributed by atoms with E-state index in [1.165, 1.54) is 0 Å². The Balaban J connectivity index is 1.64. The van der Waals surface area contributed by atoms with Gasteiger partial charge in [-0.1, -0.05) is 18.2 Å². The Bertz CT molecular complexity index is 835. The summed E-state index contributed by atoms with van der Waals surface area (Å²) in [4.78, 5) is 26.0. The first-order chi connectivity index (χ1) is 13.1. The van der Waals surface area contributed by atoms with Crippen molar-refractivity contribution in [1.29, 1.82) is 0 Å². The average molecular weight is 368 g/mol. The molecule has 1 aliphatic heterocycles. The molecule has 2 aromatic rings. The normalized spacial score (nSPS) is 13.6. The maximum absolute atomic E-state index is 12.3. The molecule has 2 aromatic carbocycles. The van der Waals surface area contributed by atoms with Crippen LogP contribution in [0.1, 0.15) is 24.8 Å². The highest BCUT2D eigenvalue weighted by Gasteiger charge is 2.24. The molecule has 142 valence electrons. The number of ether oxygens (including phenoxy) is 2. The van der Waals surface area contributed by atoms with Crippen LogP contribution in [0.5, 0.6) is 11.5 Å². The number of aryl methyl sites for hydroxylation is 1. The van der Waals surface area contributed by atoms with Gasteiger partial charge in [0.15, 0.2) is 0 Å². The van der Waals surface area contributed by atoms with Crippen molar-refractivity contribution in [2.75, 3.05) is 31.0 Å². The van der Waals surface area contributed by atoms with E-state index in [2.05, 4.69) is 5.32 Å². The third kappa shape index (κ3) is 4.39. The minimum atomic E-state index is -0.0899. The summed E-state index contributed by atoms with van der Waals surface area (Å²) in [5.41, 5.74) is 2.38. The van der Waals surface area contributed by atoms with Gasteiger partial charge in [-0.2, -0.15) is 0 Å². The van der Waals surface area contributed by atoms with Crippen LogP contribution in [0.25, 0.3) is 0 Å². The van der Waals surface area contributed by atoms with Crippen LogP contribution in [0.3, 0.4) is 0 Å². The number of carbonyl (C=O) groups is 2. The highest BCUT2D eigenvalue weighted by molar-refractivity contribution is 5.98. The summed E-state index contributed by atoms with van der Waals surface area (Å²) in [5, 5.41) is 2.89.